The monoisotopic (exact) mass is 465 g/mol. The van der Waals surface area contributed by atoms with Crippen molar-refractivity contribution >= 4 is 11.7 Å². The van der Waals surface area contributed by atoms with Gasteiger partial charge in [0.1, 0.15) is 17.6 Å². The Hall–Kier alpha value is -2.93. The molecule has 2 aromatic heterocycles. The van der Waals surface area contributed by atoms with Crippen LogP contribution in [0.5, 0.6) is 0 Å². The molecule has 9 nitrogen and oxygen atoms in total. The second kappa shape index (κ2) is 9.37. The van der Waals surface area contributed by atoms with Gasteiger partial charge in [-0.1, -0.05) is 0 Å². The van der Waals surface area contributed by atoms with Crippen LogP contribution < -0.4 is 4.90 Å². The number of aromatic nitrogens is 1. The number of carbonyl (C=O) groups excluding carboxylic acids is 1. The molecular weight excluding hydrogens is 434 g/mol. The zero-order chi connectivity index (χ0) is 23.7. The molecule has 2 aromatic rings. The number of fused-ring (bicyclic) bond motifs is 1. The molecule has 34 heavy (non-hydrogen) atoms. The summed E-state index contributed by atoms with van der Waals surface area (Å²) in [5.41, 5.74) is 2.95. The Labute approximate surface area is 199 Å². The van der Waals surface area contributed by atoms with E-state index in [0.29, 0.717) is 76.1 Å². The van der Waals surface area contributed by atoms with Crippen molar-refractivity contribution in [3.05, 3.63) is 35.1 Å². The van der Waals surface area contributed by atoms with E-state index in [-0.39, 0.29) is 11.5 Å². The first-order valence-electron chi connectivity index (χ1n) is 11.9. The number of carbonyl (C=O) groups is 1. The van der Waals surface area contributed by atoms with E-state index in [9.17, 15) is 10.1 Å². The van der Waals surface area contributed by atoms with Gasteiger partial charge < -0.3 is 23.7 Å². The first-order valence-corrected chi connectivity index (χ1v) is 11.9. The topological polar surface area (TPSA) is 95.1 Å². The fourth-order valence-corrected chi connectivity index (χ4v) is 4.94. The quantitative estimate of drug-likeness (QED) is 0.677. The zero-order valence-electron chi connectivity index (χ0n) is 19.9. The maximum Gasteiger partial charge on any atom is 0.236 e. The Morgan fingerprint density at radius 2 is 1.91 bits per heavy atom. The van der Waals surface area contributed by atoms with Crippen molar-refractivity contribution in [3.8, 4) is 17.5 Å². The number of anilines is 1. The van der Waals surface area contributed by atoms with Gasteiger partial charge in [0, 0.05) is 51.3 Å². The highest BCUT2D eigenvalue weighted by Gasteiger charge is 2.34. The third-order valence-corrected chi connectivity index (χ3v) is 6.86. The lowest BCUT2D eigenvalue weighted by atomic mass is 9.87. The highest BCUT2D eigenvalue weighted by molar-refractivity contribution is 5.78. The van der Waals surface area contributed by atoms with Gasteiger partial charge in [-0.2, -0.15) is 5.26 Å². The third-order valence-electron chi connectivity index (χ3n) is 6.86. The second-order valence-corrected chi connectivity index (χ2v) is 9.69. The van der Waals surface area contributed by atoms with Gasteiger partial charge in [0.25, 0.3) is 0 Å². The molecule has 0 unspecified atom stereocenters. The van der Waals surface area contributed by atoms with E-state index in [1.807, 2.05) is 30.9 Å². The van der Waals surface area contributed by atoms with Crippen LogP contribution in [0.2, 0.25) is 0 Å². The predicted molar refractivity (Wildman–Crippen MR) is 125 cm³/mol. The van der Waals surface area contributed by atoms with Crippen molar-refractivity contribution in [1.29, 1.82) is 5.26 Å². The molecule has 1 amide bonds. The fourth-order valence-electron chi connectivity index (χ4n) is 4.94. The Bertz CT molecular complexity index is 1080. The van der Waals surface area contributed by atoms with Gasteiger partial charge in [0.15, 0.2) is 5.76 Å². The molecule has 5 rings (SSSR count). The van der Waals surface area contributed by atoms with E-state index in [0.717, 1.165) is 29.9 Å². The van der Waals surface area contributed by atoms with Crippen LogP contribution in [0.1, 0.15) is 30.5 Å². The van der Waals surface area contributed by atoms with Crippen LogP contribution in [0.4, 0.5) is 5.82 Å². The number of amides is 1. The number of ether oxygens (including phenoxy) is 2. The summed E-state index contributed by atoms with van der Waals surface area (Å²) in [5, 5.41) is 10.2. The highest BCUT2D eigenvalue weighted by atomic mass is 16.5. The van der Waals surface area contributed by atoms with E-state index in [1.165, 1.54) is 0 Å². The lowest BCUT2D eigenvalue weighted by Gasteiger charge is -2.38. The average Bonchev–Trinajstić information content (AvgIpc) is 3.38. The Morgan fingerprint density at radius 3 is 2.59 bits per heavy atom. The van der Waals surface area contributed by atoms with E-state index < -0.39 is 0 Å². The summed E-state index contributed by atoms with van der Waals surface area (Å²) in [5.74, 6) is 1.54. The molecule has 3 aliphatic rings. The van der Waals surface area contributed by atoms with Crippen LogP contribution in [-0.4, -0.2) is 85.3 Å². The van der Waals surface area contributed by atoms with Gasteiger partial charge in [-0.3, -0.25) is 9.69 Å². The van der Waals surface area contributed by atoms with Crippen molar-refractivity contribution in [2.24, 2.45) is 0 Å². The lowest BCUT2D eigenvalue weighted by molar-refractivity contribution is -0.136. The number of nitrogens with zero attached hydrogens (tertiary/aromatic N) is 5. The van der Waals surface area contributed by atoms with Gasteiger partial charge in [0.2, 0.25) is 5.91 Å². The number of furan rings is 1. The molecule has 0 N–H and O–H groups in total. The summed E-state index contributed by atoms with van der Waals surface area (Å²) >= 11 is 0. The van der Waals surface area contributed by atoms with Gasteiger partial charge in [0.05, 0.1) is 43.8 Å². The first kappa shape index (κ1) is 22.8. The van der Waals surface area contributed by atoms with Crippen molar-refractivity contribution in [3.63, 3.8) is 0 Å². The molecule has 0 spiro atoms. The maximum atomic E-state index is 12.7. The molecule has 180 valence electrons. The molecule has 2 fully saturated rings. The van der Waals surface area contributed by atoms with E-state index in [4.69, 9.17) is 18.9 Å². The van der Waals surface area contributed by atoms with E-state index >= 15 is 0 Å². The minimum atomic E-state index is -0.351. The standard InChI is InChI=1S/C25H31N5O4/c1-25(2)14-18-19(15-26)24(27-23(20(18)17-34-25)21-4-3-11-33-21)30-7-5-28(6-8-30)16-22(31)29-9-12-32-13-10-29/h3-4,11H,5-10,12-14,16-17H2,1-2H3. The molecule has 3 aliphatic heterocycles. The molecule has 0 radical (unpaired) electrons. The molecule has 9 heteroatoms. The van der Waals surface area contributed by atoms with Crippen LogP contribution in [-0.2, 0) is 27.3 Å². The number of hydrogen-bond acceptors (Lipinski definition) is 8. The first-order chi connectivity index (χ1) is 16.4. The maximum absolute atomic E-state index is 12.7. The summed E-state index contributed by atoms with van der Waals surface area (Å²) in [6.45, 7) is 10.4. The molecule has 0 aromatic carbocycles. The lowest BCUT2D eigenvalue weighted by Crippen LogP contribution is -2.52. The van der Waals surface area contributed by atoms with Crippen molar-refractivity contribution < 1.29 is 18.7 Å². The third kappa shape index (κ3) is 4.53. The minimum absolute atomic E-state index is 0.156. The molecule has 0 bridgehead atoms. The molecule has 5 heterocycles. The van der Waals surface area contributed by atoms with Crippen LogP contribution in [0, 0.1) is 11.3 Å². The van der Waals surface area contributed by atoms with Crippen LogP contribution in [0.15, 0.2) is 22.8 Å². The number of morpholine rings is 1. The summed E-state index contributed by atoms with van der Waals surface area (Å²) in [6.07, 6.45) is 2.28. The molecule has 2 saturated heterocycles. The Kier molecular flexibility index (Phi) is 6.30. The number of nitriles is 1. The van der Waals surface area contributed by atoms with Crippen LogP contribution in [0.25, 0.3) is 11.5 Å². The minimum Gasteiger partial charge on any atom is -0.463 e. The summed E-state index contributed by atoms with van der Waals surface area (Å²) < 4.78 is 17.1. The molecule has 0 atom stereocenters. The Morgan fingerprint density at radius 1 is 1.15 bits per heavy atom. The number of rotatable bonds is 4. The van der Waals surface area contributed by atoms with Gasteiger partial charge >= 0.3 is 0 Å². The zero-order valence-corrected chi connectivity index (χ0v) is 19.9. The van der Waals surface area contributed by atoms with Crippen molar-refractivity contribution in [2.45, 2.75) is 32.5 Å². The van der Waals surface area contributed by atoms with E-state index in [1.54, 1.807) is 6.26 Å². The summed E-state index contributed by atoms with van der Waals surface area (Å²) in [7, 11) is 0. The molecule has 0 saturated carbocycles. The normalized spacial score (nSPS) is 20.6. The second-order valence-electron chi connectivity index (χ2n) is 9.69. The Balaban J connectivity index is 1.38. The largest absolute Gasteiger partial charge is 0.463 e. The SMILES string of the molecule is CC1(C)Cc2c(C#N)c(N3CCN(CC(=O)N4CCOCC4)CC3)nc(-c3ccco3)c2CO1. The van der Waals surface area contributed by atoms with E-state index in [2.05, 4.69) is 15.9 Å². The summed E-state index contributed by atoms with van der Waals surface area (Å²) in [4.78, 5) is 23.8. The smallest absolute Gasteiger partial charge is 0.236 e. The molecular formula is C25H31N5O4. The van der Waals surface area contributed by atoms with Gasteiger partial charge in [-0.15, -0.1) is 0 Å². The summed E-state index contributed by atoms with van der Waals surface area (Å²) in [6, 6.07) is 6.18. The predicted octanol–water partition coefficient (Wildman–Crippen LogP) is 2.05. The highest BCUT2D eigenvalue weighted by Crippen LogP contribution is 2.39. The van der Waals surface area contributed by atoms with Gasteiger partial charge in [-0.25, -0.2) is 4.98 Å². The van der Waals surface area contributed by atoms with Crippen molar-refractivity contribution in [1.82, 2.24) is 14.8 Å². The van der Waals surface area contributed by atoms with Gasteiger partial charge in [-0.05, 0) is 31.5 Å². The average molecular weight is 466 g/mol. The fraction of sp³-hybridized carbons (Fsp3) is 0.560. The number of pyridine rings is 1. The number of hydrogen-bond donors (Lipinski definition) is 0. The van der Waals surface area contributed by atoms with Crippen LogP contribution in [0.3, 0.4) is 0 Å². The van der Waals surface area contributed by atoms with Crippen LogP contribution >= 0.6 is 0 Å². The van der Waals surface area contributed by atoms with Crippen molar-refractivity contribution in [2.75, 3.05) is 63.9 Å². The molecule has 0 aliphatic carbocycles. The number of piperazine rings is 1.